The zero-order valence-electron chi connectivity index (χ0n) is 18.3. The van der Waals surface area contributed by atoms with Crippen molar-refractivity contribution in [2.24, 2.45) is 0 Å². The van der Waals surface area contributed by atoms with Gasteiger partial charge >= 0.3 is 0 Å². The smallest absolute Gasteiger partial charge is 0.246 e. The predicted octanol–water partition coefficient (Wildman–Crippen LogP) is 1.42. The van der Waals surface area contributed by atoms with Crippen LogP contribution in [0.1, 0.15) is 0 Å². The van der Waals surface area contributed by atoms with E-state index in [2.05, 4.69) is 0 Å². The minimum absolute atomic E-state index is 0.00475. The Morgan fingerprint density at radius 3 is 1.22 bits per heavy atom. The zero-order chi connectivity index (χ0) is 23.5. The summed E-state index contributed by atoms with van der Waals surface area (Å²) in [5.41, 5.74) is 0. The Hall–Kier alpha value is -2.54. The van der Waals surface area contributed by atoms with Gasteiger partial charge in [0, 0.05) is 38.3 Å². The molecule has 1 saturated heterocycles. The highest BCUT2D eigenvalue weighted by atomic mass is 32.2. The molecular weight excluding hydrogens is 460 g/mol. The quantitative estimate of drug-likeness (QED) is 0.551. The Balaban J connectivity index is 1.82. The third-order valence-electron chi connectivity index (χ3n) is 5.17. The molecule has 1 aliphatic heterocycles. The van der Waals surface area contributed by atoms with Crippen LogP contribution in [0.4, 0.5) is 0 Å². The Morgan fingerprint density at radius 2 is 0.938 bits per heavy atom. The molecule has 1 fully saturated rings. The van der Waals surface area contributed by atoms with Gasteiger partial charge in [-0.1, -0.05) is 0 Å². The van der Waals surface area contributed by atoms with Crippen LogP contribution in [-0.2, 0) is 20.0 Å². The van der Waals surface area contributed by atoms with Crippen molar-refractivity contribution < 1.29 is 35.8 Å². The van der Waals surface area contributed by atoms with Gasteiger partial charge < -0.3 is 18.9 Å². The van der Waals surface area contributed by atoms with Crippen LogP contribution in [0.2, 0.25) is 0 Å². The summed E-state index contributed by atoms with van der Waals surface area (Å²) >= 11 is 0. The fraction of sp³-hybridized carbons (Fsp3) is 0.400. The maximum atomic E-state index is 13.2. The molecule has 10 nitrogen and oxygen atoms in total. The number of ether oxygens (including phenoxy) is 4. The first-order chi connectivity index (χ1) is 15.2. The Labute approximate surface area is 188 Å². The van der Waals surface area contributed by atoms with Crippen molar-refractivity contribution >= 4 is 20.0 Å². The first-order valence-electron chi connectivity index (χ1n) is 9.63. The first kappa shape index (κ1) is 24.1. The molecule has 0 amide bonds. The van der Waals surface area contributed by atoms with E-state index in [4.69, 9.17) is 18.9 Å². The first-order valence-corrected chi connectivity index (χ1v) is 12.5. The molecule has 0 unspecified atom stereocenters. The minimum Gasteiger partial charge on any atom is -0.497 e. The van der Waals surface area contributed by atoms with Gasteiger partial charge in [0.2, 0.25) is 20.0 Å². The van der Waals surface area contributed by atoms with Crippen LogP contribution in [0, 0.1) is 0 Å². The molecule has 12 heteroatoms. The molecule has 0 aliphatic carbocycles. The maximum absolute atomic E-state index is 13.2. The fourth-order valence-corrected chi connectivity index (χ4v) is 6.52. The van der Waals surface area contributed by atoms with Gasteiger partial charge in [0.15, 0.2) is 0 Å². The third kappa shape index (κ3) is 4.49. The lowest BCUT2D eigenvalue weighted by atomic mass is 10.3. The van der Waals surface area contributed by atoms with Crippen molar-refractivity contribution in [3.8, 4) is 23.0 Å². The summed E-state index contributed by atoms with van der Waals surface area (Å²) in [6.45, 7) is -0.0190. The van der Waals surface area contributed by atoms with E-state index >= 15 is 0 Å². The van der Waals surface area contributed by atoms with E-state index < -0.39 is 20.0 Å². The second-order valence-corrected chi connectivity index (χ2v) is 10.7. The summed E-state index contributed by atoms with van der Waals surface area (Å²) < 4.78 is 75.8. The monoisotopic (exact) mass is 486 g/mol. The lowest BCUT2D eigenvalue weighted by Gasteiger charge is -2.33. The van der Waals surface area contributed by atoms with Crippen LogP contribution >= 0.6 is 0 Å². The summed E-state index contributed by atoms with van der Waals surface area (Å²) in [7, 11) is -2.09. The van der Waals surface area contributed by atoms with E-state index in [-0.39, 0.29) is 47.5 Å². The molecule has 32 heavy (non-hydrogen) atoms. The van der Waals surface area contributed by atoms with E-state index in [1.807, 2.05) is 0 Å². The van der Waals surface area contributed by atoms with E-state index in [0.29, 0.717) is 11.5 Å². The highest BCUT2D eigenvalue weighted by molar-refractivity contribution is 7.89. The molecule has 0 spiro atoms. The summed E-state index contributed by atoms with van der Waals surface area (Å²) in [4.78, 5) is -0.0112. The summed E-state index contributed by atoms with van der Waals surface area (Å²) in [6, 6.07) is 8.88. The van der Waals surface area contributed by atoms with Crippen LogP contribution in [-0.4, -0.2) is 80.1 Å². The molecule has 2 aromatic carbocycles. The van der Waals surface area contributed by atoms with E-state index in [9.17, 15) is 16.8 Å². The largest absolute Gasteiger partial charge is 0.497 e. The average Bonchev–Trinajstić information content (AvgIpc) is 2.82. The van der Waals surface area contributed by atoms with E-state index in [1.165, 1.54) is 73.4 Å². The van der Waals surface area contributed by atoms with Crippen LogP contribution < -0.4 is 18.9 Å². The summed E-state index contributed by atoms with van der Waals surface area (Å²) in [5.74, 6) is 1.24. The molecule has 176 valence electrons. The Kier molecular flexibility index (Phi) is 7.18. The van der Waals surface area contributed by atoms with Crippen molar-refractivity contribution in [2.75, 3.05) is 54.6 Å². The molecule has 3 rings (SSSR count). The van der Waals surface area contributed by atoms with Crippen molar-refractivity contribution in [1.82, 2.24) is 8.61 Å². The lowest BCUT2D eigenvalue weighted by molar-refractivity contribution is 0.271. The van der Waals surface area contributed by atoms with Crippen molar-refractivity contribution in [1.29, 1.82) is 0 Å². The molecular formula is C20H26N2O8S2. The number of hydrogen-bond donors (Lipinski definition) is 0. The number of nitrogens with zero attached hydrogens (tertiary/aromatic N) is 2. The van der Waals surface area contributed by atoms with Crippen LogP contribution in [0.15, 0.2) is 46.2 Å². The second-order valence-electron chi connectivity index (χ2n) is 6.84. The third-order valence-corrected chi connectivity index (χ3v) is 9.05. The molecule has 0 atom stereocenters. The lowest BCUT2D eigenvalue weighted by Crippen LogP contribution is -2.50. The van der Waals surface area contributed by atoms with Gasteiger partial charge in [-0.15, -0.1) is 0 Å². The van der Waals surface area contributed by atoms with Gasteiger partial charge in [-0.05, 0) is 24.3 Å². The van der Waals surface area contributed by atoms with Gasteiger partial charge in [0.05, 0.1) is 28.4 Å². The summed E-state index contributed by atoms with van der Waals surface area (Å²) in [5, 5.41) is 0. The molecule has 0 aromatic heterocycles. The van der Waals surface area contributed by atoms with Crippen LogP contribution in [0.5, 0.6) is 23.0 Å². The van der Waals surface area contributed by atoms with Gasteiger partial charge in [0.1, 0.15) is 32.8 Å². The van der Waals surface area contributed by atoms with Crippen molar-refractivity contribution in [3.63, 3.8) is 0 Å². The number of piperazine rings is 1. The number of benzene rings is 2. The molecule has 2 aromatic rings. The minimum atomic E-state index is -3.90. The Bertz CT molecular complexity index is 1080. The number of rotatable bonds is 8. The maximum Gasteiger partial charge on any atom is 0.246 e. The average molecular weight is 487 g/mol. The van der Waals surface area contributed by atoms with Gasteiger partial charge in [0.25, 0.3) is 0 Å². The van der Waals surface area contributed by atoms with Crippen molar-refractivity contribution in [3.05, 3.63) is 36.4 Å². The Morgan fingerprint density at radius 1 is 0.594 bits per heavy atom. The zero-order valence-corrected chi connectivity index (χ0v) is 19.9. The number of sulfonamides is 2. The number of methoxy groups -OCH3 is 4. The topological polar surface area (TPSA) is 112 Å². The number of hydrogen-bond acceptors (Lipinski definition) is 8. The van der Waals surface area contributed by atoms with Gasteiger partial charge in [-0.3, -0.25) is 0 Å². The molecule has 0 saturated carbocycles. The molecule has 1 heterocycles. The highest BCUT2D eigenvalue weighted by Crippen LogP contribution is 2.33. The van der Waals surface area contributed by atoms with Crippen molar-refractivity contribution in [2.45, 2.75) is 9.79 Å². The van der Waals surface area contributed by atoms with Crippen LogP contribution in [0.25, 0.3) is 0 Å². The molecule has 1 aliphatic rings. The molecule has 0 N–H and O–H groups in total. The molecule has 0 bridgehead atoms. The standard InChI is InChI=1S/C20H26N2O8S2/c1-27-15-5-7-19(17(13-15)29-3)31(23,24)21-9-11-22(12-10-21)32(25,26)20-8-6-16(28-2)14-18(20)30-4/h5-8,13-14H,9-12H2,1-4H3. The van der Waals surface area contributed by atoms with Crippen LogP contribution in [0.3, 0.4) is 0 Å². The normalized spacial score (nSPS) is 15.9. The highest BCUT2D eigenvalue weighted by Gasteiger charge is 2.36. The van der Waals surface area contributed by atoms with Gasteiger partial charge in [-0.2, -0.15) is 8.61 Å². The van der Waals surface area contributed by atoms with E-state index in [0.717, 1.165) is 0 Å². The second kappa shape index (κ2) is 9.53. The molecule has 0 radical (unpaired) electrons. The fourth-order valence-electron chi connectivity index (χ4n) is 3.40. The van der Waals surface area contributed by atoms with Gasteiger partial charge in [-0.25, -0.2) is 16.8 Å². The SMILES string of the molecule is COc1ccc(S(=O)(=O)N2CCN(S(=O)(=O)c3ccc(OC)cc3OC)CC2)c(OC)c1. The predicted molar refractivity (Wildman–Crippen MR) is 117 cm³/mol. The summed E-state index contributed by atoms with van der Waals surface area (Å²) in [6.07, 6.45) is 0. The van der Waals surface area contributed by atoms with E-state index in [1.54, 1.807) is 0 Å².